The molecule has 0 spiro atoms. The highest BCUT2D eigenvalue weighted by atomic mass is 16.3. The Morgan fingerprint density at radius 2 is 2.04 bits per heavy atom. The van der Waals surface area contributed by atoms with Gasteiger partial charge in [0.15, 0.2) is 0 Å². The summed E-state index contributed by atoms with van der Waals surface area (Å²) in [5.74, 6) is 1.65. The quantitative estimate of drug-likeness (QED) is 0.748. The molecule has 0 bridgehead atoms. The smallest absolute Gasteiger partial charge is 0.251 e. The Labute approximate surface area is 149 Å². The molecule has 1 aliphatic rings. The van der Waals surface area contributed by atoms with Crippen LogP contribution in [0, 0.1) is 6.92 Å². The number of nitrogens with one attached hydrogen (secondary N) is 2. The molecule has 8 nitrogen and oxygen atoms in total. The van der Waals surface area contributed by atoms with Crippen LogP contribution in [0.5, 0.6) is 0 Å². The van der Waals surface area contributed by atoms with Gasteiger partial charge in [-0.05, 0) is 42.0 Å². The SMILES string of the molecule is CC1=C(C(=O)NCc2ccccc2)C(c2ccc(C)o2)n2nnnc2N1. The van der Waals surface area contributed by atoms with Crippen molar-refractivity contribution in [3.05, 3.63) is 70.8 Å². The number of aryl methyl sites for hydroxylation is 1. The van der Waals surface area contributed by atoms with E-state index in [1.165, 1.54) is 0 Å². The highest BCUT2D eigenvalue weighted by Crippen LogP contribution is 2.34. The third-order valence-corrected chi connectivity index (χ3v) is 4.29. The van der Waals surface area contributed by atoms with Gasteiger partial charge >= 0.3 is 0 Å². The van der Waals surface area contributed by atoms with Crippen LogP contribution in [0.3, 0.4) is 0 Å². The van der Waals surface area contributed by atoms with Crippen molar-refractivity contribution >= 4 is 11.9 Å². The maximum Gasteiger partial charge on any atom is 0.251 e. The lowest BCUT2D eigenvalue weighted by molar-refractivity contribution is -0.118. The van der Waals surface area contributed by atoms with Crippen LogP contribution in [0.2, 0.25) is 0 Å². The lowest BCUT2D eigenvalue weighted by atomic mass is 10.00. The van der Waals surface area contributed by atoms with Crippen LogP contribution in [-0.2, 0) is 11.3 Å². The lowest BCUT2D eigenvalue weighted by Gasteiger charge is -2.26. The van der Waals surface area contributed by atoms with E-state index in [2.05, 4.69) is 26.2 Å². The number of fused-ring (bicyclic) bond motifs is 1. The Hall–Kier alpha value is -3.42. The van der Waals surface area contributed by atoms with Crippen molar-refractivity contribution in [3.8, 4) is 0 Å². The zero-order valence-electron chi connectivity index (χ0n) is 14.4. The number of carbonyl (C=O) groups is 1. The monoisotopic (exact) mass is 350 g/mol. The zero-order valence-corrected chi connectivity index (χ0v) is 14.4. The molecule has 1 aliphatic heterocycles. The third-order valence-electron chi connectivity index (χ3n) is 4.29. The van der Waals surface area contributed by atoms with Gasteiger partial charge in [0, 0.05) is 12.2 Å². The minimum atomic E-state index is -0.522. The predicted octanol–water partition coefficient (Wildman–Crippen LogP) is 2.18. The van der Waals surface area contributed by atoms with E-state index in [0.29, 0.717) is 29.5 Å². The number of nitrogens with zero attached hydrogens (tertiary/aromatic N) is 4. The van der Waals surface area contributed by atoms with Crippen LogP contribution in [0.25, 0.3) is 0 Å². The topological polar surface area (TPSA) is 97.9 Å². The summed E-state index contributed by atoms with van der Waals surface area (Å²) in [4.78, 5) is 13.0. The Morgan fingerprint density at radius 1 is 1.23 bits per heavy atom. The summed E-state index contributed by atoms with van der Waals surface area (Å²) < 4.78 is 7.34. The van der Waals surface area contributed by atoms with Crippen molar-refractivity contribution in [2.45, 2.75) is 26.4 Å². The van der Waals surface area contributed by atoms with E-state index in [0.717, 1.165) is 11.3 Å². The van der Waals surface area contributed by atoms with Crippen molar-refractivity contribution < 1.29 is 9.21 Å². The number of anilines is 1. The van der Waals surface area contributed by atoms with Crippen LogP contribution in [0.15, 0.2) is 58.2 Å². The average molecular weight is 350 g/mol. The largest absolute Gasteiger partial charge is 0.464 e. The Balaban J connectivity index is 1.66. The molecule has 26 heavy (non-hydrogen) atoms. The summed E-state index contributed by atoms with van der Waals surface area (Å²) in [6.45, 7) is 4.12. The standard InChI is InChI=1S/C18H18N6O2/c1-11-8-9-14(26-11)16-15(12(2)20-18-21-22-23-24(16)18)17(25)19-10-13-6-4-3-5-7-13/h3-9,16H,10H2,1-2H3,(H,19,25)(H,20,21,23). The maximum atomic E-state index is 13.0. The molecule has 3 aromatic rings. The summed E-state index contributed by atoms with van der Waals surface area (Å²) >= 11 is 0. The number of hydrogen-bond donors (Lipinski definition) is 2. The minimum absolute atomic E-state index is 0.195. The number of furan rings is 1. The van der Waals surface area contributed by atoms with Crippen LogP contribution < -0.4 is 10.6 Å². The van der Waals surface area contributed by atoms with Gasteiger partial charge in [-0.15, -0.1) is 0 Å². The summed E-state index contributed by atoms with van der Waals surface area (Å²) in [6.07, 6.45) is 0. The summed E-state index contributed by atoms with van der Waals surface area (Å²) in [5, 5.41) is 17.7. The van der Waals surface area contributed by atoms with Crippen molar-refractivity contribution in [1.82, 2.24) is 25.5 Å². The van der Waals surface area contributed by atoms with Crippen LogP contribution >= 0.6 is 0 Å². The molecule has 8 heteroatoms. The van der Waals surface area contributed by atoms with E-state index in [9.17, 15) is 4.79 Å². The molecule has 2 aromatic heterocycles. The average Bonchev–Trinajstić information content (AvgIpc) is 3.28. The number of rotatable bonds is 4. The second-order valence-corrected chi connectivity index (χ2v) is 6.13. The number of tetrazole rings is 1. The van der Waals surface area contributed by atoms with Crippen molar-refractivity contribution in [2.75, 3.05) is 5.32 Å². The number of allylic oxidation sites excluding steroid dienone is 1. The van der Waals surface area contributed by atoms with E-state index >= 15 is 0 Å². The van der Waals surface area contributed by atoms with Crippen LogP contribution in [0.4, 0.5) is 5.95 Å². The number of aromatic nitrogens is 4. The predicted molar refractivity (Wildman–Crippen MR) is 94.0 cm³/mol. The van der Waals surface area contributed by atoms with Crippen LogP contribution in [0.1, 0.15) is 30.0 Å². The Kier molecular flexibility index (Phi) is 4.00. The Morgan fingerprint density at radius 3 is 2.77 bits per heavy atom. The first-order valence-corrected chi connectivity index (χ1v) is 8.27. The van der Waals surface area contributed by atoms with Crippen LogP contribution in [-0.4, -0.2) is 26.1 Å². The molecular formula is C18H18N6O2. The molecule has 0 fully saturated rings. The second kappa shape index (κ2) is 6.47. The normalized spacial score (nSPS) is 16.2. The van der Waals surface area contributed by atoms with E-state index in [1.54, 1.807) is 4.68 Å². The molecule has 0 saturated heterocycles. The van der Waals surface area contributed by atoms with E-state index < -0.39 is 6.04 Å². The molecule has 1 amide bonds. The molecule has 1 atom stereocenters. The van der Waals surface area contributed by atoms with Gasteiger partial charge in [0.2, 0.25) is 5.95 Å². The highest BCUT2D eigenvalue weighted by molar-refractivity contribution is 5.96. The fourth-order valence-electron chi connectivity index (χ4n) is 3.04. The van der Waals surface area contributed by atoms with Gasteiger partial charge in [0.05, 0.1) is 5.57 Å². The van der Waals surface area contributed by atoms with Gasteiger partial charge < -0.3 is 15.1 Å². The maximum absolute atomic E-state index is 13.0. The highest BCUT2D eigenvalue weighted by Gasteiger charge is 2.35. The minimum Gasteiger partial charge on any atom is -0.464 e. The molecule has 3 heterocycles. The molecule has 1 unspecified atom stereocenters. The fraction of sp³-hybridized carbons (Fsp3) is 0.222. The van der Waals surface area contributed by atoms with Gasteiger partial charge in [-0.2, -0.15) is 4.68 Å². The van der Waals surface area contributed by atoms with Gasteiger partial charge in [-0.1, -0.05) is 35.4 Å². The summed E-state index contributed by atoms with van der Waals surface area (Å²) in [5.41, 5.74) is 2.24. The van der Waals surface area contributed by atoms with E-state index in [1.807, 2.05) is 56.3 Å². The van der Waals surface area contributed by atoms with Crippen molar-refractivity contribution in [3.63, 3.8) is 0 Å². The first-order chi connectivity index (χ1) is 12.6. The number of benzene rings is 1. The van der Waals surface area contributed by atoms with Gasteiger partial charge in [0.25, 0.3) is 5.91 Å². The molecule has 1 aromatic carbocycles. The number of hydrogen-bond acceptors (Lipinski definition) is 6. The molecule has 0 saturated carbocycles. The zero-order chi connectivity index (χ0) is 18.1. The summed E-state index contributed by atoms with van der Waals surface area (Å²) in [6, 6.07) is 12.9. The number of carbonyl (C=O) groups excluding carboxylic acids is 1. The molecule has 4 rings (SSSR count). The molecule has 2 N–H and O–H groups in total. The third kappa shape index (κ3) is 2.85. The lowest BCUT2D eigenvalue weighted by Crippen LogP contribution is -2.34. The molecule has 0 radical (unpaired) electrons. The van der Waals surface area contributed by atoms with Crippen molar-refractivity contribution in [1.29, 1.82) is 0 Å². The first-order valence-electron chi connectivity index (χ1n) is 8.27. The van der Waals surface area contributed by atoms with Gasteiger partial charge in [-0.25, -0.2) is 0 Å². The fourth-order valence-corrected chi connectivity index (χ4v) is 3.04. The van der Waals surface area contributed by atoms with E-state index in [4.69, 9.17) is 4.42 Å². The van der Waals surface area contributed by atoms with Gasteiger partial charge in [0.1, 0.15) is 17.6 Å². The molecule has 132 valence electrons. The van der Waals surface area contributed by atoms with Crippen molar-refractivity contribution in [2.24, 2.45) is 0 Å². The molecular weight excluding hydrogens is 332 g/mol. The second-order valence-electron chi connectivity index (χ2n) is 6.13. The first kappa shape index (κ1) is 16.1. The molecule has 0 aliphatic carbocycles. The van der Waals surface area contributed by atoms with Gasteiger partial charge in [-0.3, -0.25) is 4.79 Å². The number of amides is 1. The Bertz CT molecular complexity index is 972. The summed E-state index contributed by atoms with van der Waals surface area (Å²) in [7, 11) is 0. The van der Waals surface area contributed by atoms with E-state index in [-0.39, 0.29) is 5.91 Å².